The number of phenols is 1. The Bertz CT molecular complexity index is 656. The fraction of sp³-hybridized carbons (Fsp3) is 0.316. The molecule has 0 aliphatic rings. The van der Waals surface area contributed by atoms with Gasteiger partial charge in [0, 0.05) is 19.6 Å². The summed E-state index contributed by atoms with van der Waals surface area (Å²) in [6.45, 7) is 4.17. The molecule has 0 heterocycles. The monoisotopic (exact) mass is 329 g/mol. The highest BCUT2D eigenvalue weighted by Gasteiger charge is 1.99. The Labute approximate surface area is 142 Å². The van der Waals surface area contributed by atoms with Crippen molar-refractivity contribution in [2.45, 2.75) is 19.8 Å². The maximum absolute atomic E-state index is 12.9. The maximum atomic E-state index is 12.9. The van der Waals surface area contributed by atoms with Gasteiger partial charge < -0.3 is 15.7 Å². The lowest BCUT2D eigenvalue weighted by Gasteiger charge is -2.11. The largest absolute Gasteiger partial charge is 0.508 e. The summed E-state index contributed by atoms with van der Waals surface area (Å²) in [7, 11) is 0. The van der Waals surface area contributed by atoms with Crippen molar-refractivity contribution < 1.29 is 9.50 Å². The summed E-state index contributed by atoms with van der Waals surface area (Å²) in [4.78, 5) is 4.53. The van der Waals surface area contributed by atoms with Gasteiger partial charge in [-0.3, -0.25) is 4.99 Å². The Hall–Kier alpha value is -2.56. The van der Waals surface area contributed by atoms with E-state index in [9.17, 15) is 9.50 Å². The summed E-state index contributed by atoms with van der Waals surface area (Å²) in [6.07, 6.45) is 1.57. The Morgan fingerprint density at radius 1 is 1.04 bits per heavy atom. The van der Waals surface area contributed by atoms with Gasteiger partial charge in [-0.2, -0.15) is 0 Å². The predicted octanol–water partition coefficient (Wildman–Crippen LogP) is 2.87. The molecule has 2 aromatic carbocycles. The Balaban J connectivity index is 1.80. The van der Waals surface area contributed by atoms with Crippen LogP contribution in [0.25, 0.3) is 0 Å². The normalized spacial score (nSPS) is 11.3. The first kappa shape index (κ1) is 17.8. The first-order valence-corrected chi connectivity index (χ1v) is 8.22. The molecule has 0 aliphatic carbocycles. The highest BCUT2D eigenvalue weighted by molar-refractivity contribution is 5.79. The van der Waals surface area contributed by atoms with Crippen molar-refractivity contribution in [2.75, 3.05) is 19.6 Å². The zero-order chi connectivity index (χ0) is 17.2. The minimum absolute atomic E-state index is 0.218. The first-order chi connectivity index (χ1) is 11.7. The number of aromatic hydroxyl groups is 1. The van der Waals surface area contributed by atoms with E-state index in [4.69, 9.17) is 0 Å². The number of halogens is 1. The maximum Gasteiger partial charge on any atom is 0.191 e. The molecule has 3 N–H and O–H groups in total. The van der Waals surface area contributed by atoms with Crippen molar-refractivity contribution in [1.29, 1.82) is 0 Å². The van der Waals surface area contributed by atoms with Gasteiger partial charge in [0.1, 0.15) is 11.6 Å². The van der Waals surface area contributed by atoms with Crippen LogP contribution in [-0.2, 0) is 12.8 Å². The van der Waals surface area contributed by atoms with Crippen molar-refractivity contribution in [2.24, 2.45) is 4.99 Å². The molecule has 2 aromatic rings. The van der Waals surface area contributed by atoms with E-state index in [2.05, 4.69) is 15.6 Å². The molecule has 0 aliphatic heterocycles. The number of phenolic OH excluding ortho intramolecular Hbond substituents is 1. The molecule has 0 atom stereocenters. The molecule has 4 nitrogen and oxygen atoms in total. The molecular weight excluding hydrogens is 305 g/mol. The van der Waals surface area contributed by atoms with Gasteiger partial charge in [-0.1, -0.05) is 24.3 Å². The zero-order valence-corrected chi connectivity index (χ0v) is 13.9. The van der Waals surface area contributed by atoms with Crippen LogP contribution in [0, 0.1) is 5.82 Å². The molecule has 0 saturated heterocycles. The van der Waals surface area contributed by atoms with Crippen molar-refractivity contribution in [3.05, 3.63) is 65.5 Å². The number of nitrogens with zero attached hydrogens (tertiary/aromatic N) is 1. The van der Waals surface area contributed by atoms with Gasteiger partial charge in [0.05, 0.1) is 0 Å². The van der Waals surface area contributed by atoms with Crippen molar-refractivity contribution >= 4 is 5.96 Å². The molecule has 2 rings (SSSR count). The SMILES string of the molecule is CCNC(=NCCc1ccc(F)cc1)NCCc1cccc(O)c1. The molecule has 0 amide bonds. The summed E-state index contributed by atoms with van der Waals surface area (Å²) < 4.78 is 12.9. The topological polar surface area (TPSA) is 56.7 Å². The molecule has 0 spiro atoms. The van der Waals surface area contributed by atoms with E-state index >= 15 is 0 Å². The van der Waals surface area contributed by atoms with Gasteiger partial charge in [-0.15, -0.1) is 0 Å². The van der Waals surface area contributed by atoms with Crippen LogP contribution in [0.15, 0.2) is 53.5 Å². The third kappa shape index (κ3) is 6.28. The van der Waals surface area contributed by atoms with Gasteiger partial charge in [0.25, 0.3) is 0 Å². The average molecular weight is 329 g/mol. The molecule has 24 heavy (non-hydrogen) atoms. The van der Waals surface area contributed by atoms with Crippen LogP contribution in [0.2, 0.25) is 0 Å². The second-order valence-electron chi connectivity index (χ2n) is 5.48. The van der Waals surface area contributed by atoms with Gasteiger partial charge in [-0.05, 0) is 55.2 Å². The van der Waals surface area contributed by atoms with Crippen LogP contribution in [0.5, 0.6) is 5.75 Å². The molecule has 0 radical (unpaired) electrons. The summed E-state index contributed by atoms with van der Waals surface area (Å²) in [5.41, 5.74) is 2.14. The van der Waals surface area contributed by atoms with Gasteiger partial charge in [0.15, 0.2) is 5.96 Å². The summed E-state index contributed by atoms with van der Waals surface area (Å²) in [6, 6.07) is 13.8. The number of nitrogens with one attached hydrogen (secondary N) is 2. The molecule has 0 aromatic heterocycles. The lowest BCUT2D eigenvalue weighted by atomic mass is 10.1. The van der Waals surface area contributed by atoms with Gasteiger partial charge >= 0.3 is 0 Å². The summed E-state index contributed by atoms with van der Waals surface area (Å²) in [5.74, 6) is 0.830. The van der Waals surface area contributed by atoms with Gasteiger partial charge in [0.2, 0.25) is 0 Å². The number of benzene rings is 2. The molecule has 0 unspecified atom stereocenters. The van der Waals surface area contributed by atoms with Crippen molar-refractivity contribution in [3.63, 3.8) is 0 Å². The number of rotatable bonds is 7. The second kappa shape index (κ2) is 9.55. The third-order valence-corrected chi connectivity index (χ3v) is 3.54. The Morgan fingerprint density at radius 2 is 1.83 bits per heavy atom. The third-order valence-electron chi connectivity index (χ3n) is 3.54. The standard InChI is InChI=1S/C19H24FN3O/c1-2-21-19(22-12-10-15-6-8-17(20)9-7-15)23-13-11-16-4-3-5-18(24)14-16/h3-9,14,24H,2,10-13H2,1H3,(H2,21,22,23). The number of aliphatic imine (C=N–C) groups is 1. The summed E-state index contributed by atoms with van der Waals surface area (Å²) in [5, 5.41) is 16.0. The van der Waals surface area contributed by atoms with Crippen LogP contribution in [0.3, 0.4) is 0 Å². The molecule has 0 bridgehead atoms. The quantitative estimate of drug-likeness (QED) is 0.541. The number of hydrogen-bond donors (Lipinski definition) is 3. The number of guanidine groups is 1. The van der Waals surface area contributed by atoms with E-state index in [-0.39, 0.29) is 11.6 Å². The van der Waals surface area contributed by atoms with E-state index in [1.165, 1.54) is 12.1 Å². The molecule has 0 saturated carbocycles. The fourth-order valence-corrected chi connectivity index (χ4v) is 2.33. The average Bonchev–Trinajstić information content (AvgIpc) is 2.57. The predicted molar refractivity (Wildman–Crippen MR) is 95.9 cm³/mol. The minimum Gasteiger partial charge on any atom is -0.508 e. The van der Waals surface area contributed by atoms with Crippen molar-refractivity contribution in [1.82, 2.24) is 10.6 Å². The lowest BCUT2D eigenvalue weighted by molar-refractivity contribution is 0.474. The van der Waals surface area contributed by atoms with E-state index in [0.29, 0.717) is 6.54 Å². The fourth-order valence-electron chi connectivity index (χ4n) is 2.33. The second-order valence-corrected chi connectivity index (χ2v) is 5.48. The first-order valence-electron chi connectivity index (χ1n) is 8.22. The van der Waals surface area contributed by atoms with Crippen LogP contribution in [0.1, 0.15) is 18.1 Å². The summed E-state index contributed by atoms with van der Waals surface area (Å²) >= 11 is 0. The van der Waals surface area contributed by atoms with E-state index in [1.807, 2.05) is 19.1 Å². The van der Waals surface area contributed by atoms with Crippen LogP contribution in [-0.4, -0.2) is 30.7 Å². The van der Waals surface area contributed by atoms with Gasteiger partial charge in [-0.25, -0.2) is 4.39 Å². The smallest absolute Gasteiger partial charge is 0.191 e. The highest BCUT2D eigenvalue weighted by atomic mass is 19.1. The molecular formula is C19H24FN3O. The molecule has 0 fully saturated rings. The zero-order valence-electron chi connectivity index (χ0n) is 13.9. The number of hydrogen-bond acceptors (Lipinski definition) is 2. The van der Waals surface area contributed by atoms with E-state index < -0.39 is 0 Å². The van der Waals surface area contributed by atoms with Crippen LogP contribution in [0.4, 0.5) is 4.39 Å². The molecule has 128 valence electrons. The van der Waals surface area contributed by atoms with Crippen LogP contribution < -0.4 is 10.6 Å². The van der Waals surface area contributed by atoms with E-state index in [1.54, 1.807) is 24.3 Å². The lowest BCUT2D eigenvalue weighted by Crippen LogP contribution is -2.38. The van der Waals surface area contributed by atoms with Crippen molar-refractivity contribution in [3.8, 4) is 5.75 Å². The van der Waals surface area contributed by atoms with E-state index in [0.717, 1.165) is 43.0 Å². The minimum atomic E-state index is -0.218. The Kier molecular flexibility index (Phi) is 7.08. The Morgan fingerprint density at radius 3 is 2.54 bits per heavy atom. The molecule has 5 heteroatoms. The van der Waals surface area contributed by atoms with Crippen LogP contribution >= 0.6 is 0 Å². The highest BCUT2D eigenvalue weighted by Crippen LogP contribution is 2.10.